The molecule has 2 aliphatic rings. The summed E-state index contributed by atoms with van der Waals surface area (Å²) in [5.41, 5.74) is 9.26. The first-order valence-electron chi connectivity index (χ1n) is 9.09. The molecule has 2 N–H and O–H groups in total. The van der Waals surface area contributed by atoms with Gasteiger partial charge in [0.05, 0.1) is 0 Å². The molecule has 0 saturated heterocycles. The quantitative estimate of drug-likeness (QED) is 0.892. The van der Waals surface area contributed by atoms with E-state index in [0.29, 0.717) is 6.42 Å². The molecule has 0 spiro atoms. The van der Waals surface area contributed by atoms with Crippen LogP contribution in [0.4, 0.5) is 8.78 Å². The summed E-state index contributed by atoms with van der Waals surface area (Å²) in [6.45, 7) is 1.44. The van der Waals surface area contributed by atoms with Crippen LogP contribution < -0.4 is 5.73 Å². The Bertz CT molecular complexity index is 813. The van der Waals surface area contributed by atoms with Crippen LogP contribution in [0.15, 0.2) is 23.6 Å². The third-order valence-electron chi connectivity index (χ3n) is 5.68. The second-order valence-corrected chi connectivity index (χ2v) is 8.23. The van der Waals surface area contributed by atoms with E-state index in [1.807, 2.05) is 4.90 Å². The van der Waals surface area contributed by atoms with Crippen molar-refractivity contribution in [1.82, 2.24) is 4.90 Å². The van der Waals surface area contributed by atoms with Gasteiger partial charge in [0.2, 0.25) is 5.91 Å². The Morgan fingerprint density at radius 3 is 2.81 bits per heavy atom. The summed E-state index contributed by atoms with van der Waals surface area (Å²) in [6.07, 6.45) is 3.45. The van der Waals surface area contributed by atoms with Crippen LogP contribution in [0.2, 0.25) is 0 Å². The molecule has 2 heterocycles. The molecule has 26 heavy (non-hydrogen) atoms. The maximum atomic E-state index is 13.6. The Morgan fingerprint density at radius 2 is 1.96 bits per heavy atom. The highest BCUT2D eigenvalue weighted by atomic mass is 32.1. The smallest absolute Gasteiger partial charge is 0.224 e. The van der Waals surface area contributed by atoms with Crippen molar-refractivity contribution >= 4 is 17.2 Å². The van der Waals surface area contributed by atoms with Gasteiger partial charge < -0.3 is 10.6 Å². The Morgan fingerprint density at radius 1 is 1.19 bits per heavy atom. The maximum absolute atomic E-state index is 13.6. The first-order chi connectivity index (χ1) is 12.5. The average molecular weight is 376 g/mol. The minimum absolute atomic E-state index is 0.0590. The first kappa shape index (κ1) is 17.6. The molecule has 1 aromatic carbocycles. The molecule has 2 aromatic rings. The van der Waals surface area contributed by atoms with Crippen molar-refractivity contribution in [2.24, 2.45) is 5.73 Å². The standard InChI is InChI=1S/C20H22F2N2OS/c21-16-9-13-1-2-14(15(13)10-17(16)22)18(23)11-20(25)24-6-3-12-5-8-26-19(12)4-7-24/h5,8-10,14,18H,1-4,6-7,11,23H2/t14-,18-/m0/s1. The van der Waals surface area contributed by atoms with Gasteiger partial charge in [-0.25, -0.2) is 8.78 Å². The van der Waals surface area contributed by atoms with E-state index in [9.17, 15) is 13.6 Å². The molecular formula is C20H22F2N2OS. The van der Waals surface area contributed by atoms with Crippen molar-refractivity contribution in [1.29, 1.82) is 0 Å². The van der Waals surface area contributed by atoms with Crippen LogP contribution >= 0.6 is 11.3 Å². The number of benzene rings is 1. The molecule has 0 saturated carbocycles. The van der Waals surface area contributed by atoms with Crippen molar-refractivity contribution in [3.8, 4) is 0 Å². The van der Waals surface area contributed by atoms with E-state index in [0.717, 1.165) is 43.5 Å². The maximum Gasteiger partial charge on any atom is 0.224 e. The largest absolute Gasteiger partial charge is 0.342 e. The highest BCUT2D eigenvalue weighted by molar-refractivity contribution is 7.10. The van der Waals surface area contributed by atoms with Crippen LogP contribution in [0, 0.1) is 11.6 Å². The predicted molar refractivity (Wildman–Crippen MR) is 98.3 cm³/mol. The molecule has 0 fully saturated rings. The molecule has 0 bridgehead atoms. The number of carbonyl (C=O) groups excluding carboxylic acids is 1. The zero-order valence-corrected chi connectivity index (χ0v) is 15.3. The van der Waals surface area contributed by atoms with E-state index >= 15 is 0 Å². The highest BCUT2D eigenvalue weighted by Crippen LogP contribution is 2.37. The van der Waals surface area contributed by atoms with Crippen molar-refractivity contribution in [3.63, 3.8) is 0 Å². The van der Waals surface area contributed by atoms with Gasteiger partial charge in [-0.3, -0.25) is 4.79 Å². The van der Waals surface area contributed by atoms with Crippen LogP contribution in [0.3, 0.4) is 0 Å². The molecule has 3 nitrogen and oxygen atoms in total. The monoisotopic (exact) mass is 376 g/mol. The fraction of sp³-hybridized carbons (Fsp3) is 0.450. The average Bonchev–Trinajstić information content (AvgIpc) is 3.17. The van der Waals surface area contributed by atoms with Gasteiger partial charge in [-0.15, -0.1) is 11.3 Å². The van der Waals surface area contributed by atoms with Gasteiger partial charge in [-0.2, -0.15) is 0 Å². The molecule has 0 unspecified atom stereocenters. The molecule has 6 heteroatoms. The van der Waals surface area contributed by atoms with Crippen LogP contribution in [-0.4, -0.2) is 29.9 Å². The lowest BCUT2D eigenvalue weighted by molar-refractivity contribution is -0.131. The van der Waals surface area contributed by atoms with Crippen LogP contribution in [0.1, 0.15) is 40.3 Å². The number of halogens is 2. The third-order valence-corrected chi connectivity index (χ3v) is 6.71. The van der Waals surface area contributed by atoms with Gasteiger partial charge >= 0.3 is 0 Å². The van der Waals surface area contributed by atoms with Crippen molar-refractivity contribution in [2.75, 3.05) is 13.1 Å². The number of thiophene rings is 1. The molecule has 1 aliphatic carbocycles. The Labute approximate surface area is 155 Å². The van der Waals surface area contributed by atoms with Crippen LogP contribution in [0.25, 0.3) is 0 Å². The normalized spacial score (nSPS) is 20.4. The number of carbonyl (C=O) groups is 1. The predicted octanol–water partition coefficient (Wildman–Crippen LogP) is 3.40. The number of amides is 1. The van der Waals surface area contributed by atoms with Gasteiger partial charge in [0.1, 0.15) is 0 Å². The lowest BCUT2D eigenvalue weighted by atomic mass is 9.91. The van der Waals surface area contributed by atoms with E-state index in [1.165, 1.54) is 22.6 Å². The molecule has 138 valence electrons. The SMILES string of the molecule is N[C@@H](CC(=O)N1CCc2ccsc2CC1)[C@H]1CCc2cc(F)c(F)cc21. The summed E-state index contributed by atoms with van der Waals surface area (Å²) in [7, 11) is 0. The van der Waals surface area contributed by atoms with E-state index in [2.05, 4.69) is 11.4 Å². The molecule has 1 amide bonds. The molecular weight excluding hydrogens is 354 g/mol. The van der Waals surface area contributed by atoms with E-state index in [1.54, 1.807) is 11.3 Å². The number of nitrogens with zero attached hydrogens (tertiary/aromatic N) is 1. The van der Waals surface area contributed by atoms with Crippen molar-refractivity contribution in [2.45, 2.75) is 44.1 Å². The summed E-state index contributed by atoms with van der Waals surface area (Å²) >= 11 is 1.75. The summed E-state index contributed by atoms with van der Waals surface area (Å²) in [5.74, 6) is -1.68. The zero-order chi connectivity index (χ0) is 18.3. The Hall–Kier alpha value is -1.79. The molecule has 4 rings (SSSR count). The van der Waals surface area contributed by atoms with Crippen LogP contribution in [0.5, 0.6) is 0 Å². The summed E-state index contributed by atoms with van der Waals surface area (Å²) < 4.78 is 27.0. The number of fused-ring (bicyclic) bond motifs is 2. The first-order valence-corrected chi connectivity index (χ1v) is 9.97. The van der Waals surface area contributed by atoms with E-state index in [4.69, 9.17) is 5.73 Å². The van der Waals surface area contributed by atoms with Gasteiger partial charge in [0.25, 0.3) is 0 Å². The topological polar surface area (TPSA) is 46.3 Å². The second kappa shape index (κ2) is 7.08. The molecule has 1 aliphatic heterocycles. The third kappa shape index (κ3) is 3.28. The minimum Gasteiger partial charge on any atom is -0.342 e. The summed E-state index contributed by atoms with van der Waals surface area (Å²) in [5, 5.41) is 2.11. The number of hydrogen-bond acceptors (Lipinski definition) is 3. The number of hydrogen-bond donors (Lipinski definition) is 1. The van der Waals surface area contributed by atoms with Gasteiger partial charge in [-0.05, 0) is 66.0 Å². The number of rotatable bonds is 3. The minimum atomic E-state index is -0.840. The zero-order valence-electron chi connectivity index (χ0n) is 14.5. The molecule has 2 atom stereocenters. The number of nitrogens with two attached hydrogens (primary N) is 1. The van der Waals surface area contributed by atoms with Gasteiger partial charge in [0.15, 0.2) is 11.6 Å². The highest BCUT2D eigenvalue weighted by Gasteiger charge is 2.31. The Kier molecular flexibility index (Phi) is 4.80. The summed E-state index contributed by atoms with van der Waals surface area (Å²) in [6, 6.07) is 4.30. The lowest BCUT2D eigenvalue weighted by Gasteiger charge is -2.25. The molecule has 0 radical (unpaired) electrons. The fourth-order valence-corrected chi connectivity index (χ4v) is 5.14. The second-order valence-electron chi connectivity index (χ2n) is 7.23. The van der Waals surface area contributed by atoms with Gasteiger partial charge in [-0.1, -0.05) is 0 Å². The van der Waals surface area contributed by atoms with Crippen molar-refractivity contribution in [3.05, 3.63) is 56.8 Å². The summed E-state index contributed by atoms with van der Waals surface area (Å²) in [4.78, 5) is 16.0. The van der Waals surface area contributed by atoms with Gasteiger partial charge in [0, 0.05) is 36.3 Å². The fourth-order valence-electron chi connectivity index (χ4n) is 4.21. The van der Waals surface area contributed by atoms with E-state index < -0.39 is 11.6 Å². The number of aryl methyl sites for hydroxylation is 1. The van der Waals surface area contributed by atoms with Crippen LogP contribution in [-0.2, 0) is 24.1 Å². The Balaban J connectivity index is 1.41. The lowest BCUT2D eigenvalue weighted by Crippen LogP contribution is -2.39. The molecule has 1 aromatic heterocycles. The van der Waals surface area contributed by atoms with Crippen molar-refractivity contribution < 1.29 is 13.6 Å². The van der Waals surface area contributed by atoms with E-state index in [-0.39, 0.29) is 24.3 Å².